The fourth-order valence-corrected chi connectivity index (χ4v) is 3.05. The molecule has 0 aliphatic rings. The predicted octanol–water partition coefficient (Wildman–Crippen LogP) is 3.64. The number of carbonyl (C=O) groups is 1. The summed E-state index contributed by atoms with van der Waals surface area (Å²) in [4.78, 5) is 16.2. The van der Waals surface area contributed by atoms with Crippen LogP contribution in [-0.4, -0.2) is 20.7 Å². The number of anilines is 1. The zero-order valence-corrected chi connectivity index (χ0v) is 13.8. The van der Waals surface area contributed by atoms with Crippen molar-refractivity contribution in [2.24, 2.45) is 7.05 Å². The fourth-order valence-electron chi connectivity index (χ4n) is 2.21. The Kier molecular flexibility index (Phi) is 4.39. The standard InChI is InChI=1S/C16H14F2N4OS/c1-3-9-4-11(17)14(12(18)5-9)16-21-13(8-24-16)15(23)20-10-6-19-22(2)7-10/h4-8H,3H2,1-2H3,(H,20,23). The summed E-state index contributed by atoms with van der Waals surface area (Å²) >= 11 is 1.02. The van der Waals surface area contributed by atoms with Crippen molar-refractivity contribution >= 4 is 22.9 Å². The third-order valence-corrected chi connectivity index (χ3v) is 4.28. The molecule has 24 heavy (non-hydrogen) atoms. The molecular weight excluding hydrogens is 334 g/mol. The summed E-state index contributed by atoms with van der Waals surface area (Å²) in [6, 6.07) is 2.57. The van der Waals surface area contributed by atoms with E-state index in [2.05, 4.69) is 15.4 Å². The number of aromatic nitrogens is 3. The first kappa shape index (κ1) is 16.3. The highest BCUT2D eigenvalue weighted by molar-refractivity contribution is 7.13. The van der Waals surface area contributed by atoms with Crippen LogP contribution in [0.3, 0.4) is 0 Å². The van der Waals surface area contributed by atoms with Crippen LogP contribution in [0.25, 0.3) is 10.6 Å². The lowest BCUT2D eigenvalue weighted by molar-refractivity contribution is 0.102. The summed E-state index contributed by atoms with van der Waals surface area (Å²) < 4.78 is 29.9. The van der Waals surface area contributed by atoms with Gasteiger partial charge in [-0.05, 0) is 24.1 Å². The van der Waals surface area contributed by atoms with Gasteiger partial charge in [-0.15, -0.1) is 11.3 Å². The maximum atomic E-state index is 14.2. The molecular formula is C16H14F2N4OS. The average molecular weight is 348 g/mol. The number of halogens is 2. The molecule has 0 atom stereocenters. The molecule has 3 aromatic rings. The number of aryl methyl sites for hydroxylation is 2. The summed E-state index contributed by atoms with van der Waals surface area (Å²) in [5.41, 5.74) is 0.969. The van der Waals surface area contributed by atoms with Gasteiger partial charge in [-0.3, -0.25) is 9.48 Å². The van der Waals surface area contributed by atoms with Gasteiger partial charge in [-0.25, -0.2) is 13.8 Å². The Labute approximate surface area is 141 Å². The molecule has 2 aromatic heterocycles. The number of hydrogen-bond donors (Lipinski definition) is 1. The van der Waals surface area contributed by atoms with Gasteiger partial charge in [0.2, 0.25) is 0 Å². The minimum absolute atomic E-state index is 0.0946. The van der Waals surface area contributed by atoms with E-state index >= 15 is 0 Å². The van der Waals surface area contributed by atoms with Crippen molar-refractivity contribution in [3.8, 4) is 10.6 Å². The molecule has 0 bridgehead atoms. The van der Waals surface area contributed by atoms with Crippen LogP contribution < -0.4 is 5.32 Å². The van der Waals surface area contributed by atoms with Crippen LogP contribution in [0.5, 0.6) is 0 Å². The molecule has 1 aromatic carbocycles. The third kappa shape index (κ3) is 3.18. The van der Waals surface area contributed by atoms with E-state index in [-0.39, 0.29) is 16.3 Å². The van der Waals surface area contributed by atoms with Crippen LogP contribution in [0.1, 0.15) is 23.0 Å². The van der Waals surface area contributed by atoms with Crippen molar-refractivity contribution in [2.45, 2.75) is 13.3 Å². The highest BCUT2D eigenvalue weighted by atomic mass is 32.1. The van der Waals surface area contributed by atoms with Crippen molar-refractivity contribution in [1.82, 2.24) is 14.8 Å². The molecule has 0 aliphatic carbocycles. The number of nitrogens with zero attached hydrogens (tertiary/aromatic N) is 3. The molecule has 8 heteroatoms. The number of nitrogens with one attached hydrogen (secondary N) is 1. The Balaban J connectivity index is 1.87. The van der Waals surface area contributed by atoms with Gasteiger partial charge in [0, 0.05) is 18.6 Å². The molecule has 0 spiro atoms. The van der Waals surface area contributed by atoms with E-state index in [0.29, 0.717) is 17.7 Å². The third-order valence-electron chi connectivity index (χ3n) is 3.42. The topological polar surface area (TPSA) is 59.8 Å². The van der Waals surface area contributed by atoms with E-state index in [0.717, 1.165) is 11.3 Å². The summed E-state index contributed by atoms with van der Waals surface area (Å²) in [6.07, 6.45) is 3.66. The molecule has 0 saturated carbocycles. The molecule has 0 unspecified atom stereocenters. The number of carbonyl (C=O) groups excluding carboxylic acids is 1. The summed E-state index contributed by atoms with van der Waals surface area (Å²) in [5.74, 6) is -1.82. The molecule has 0 fully saturated rings. The van der Waals surface area contributed by atoms with Crippen LogP contribution in [0.4, 0.5) is 14.5 Å². The molecule has 2 heterocycles. The summed E-state index contributed by atoms with van der Waals surface area (Å²) in [6.45, 7) is 1.82. The van der Waals surface area contributed by atoms with Crippen molar-refractivity contribution in [2.75, 3.05) is 5.32 Å². The van der Waals surface area contributed by atoms with Gasteiger partial charge in [0.05, 0.1) is 17.4 Å². The van der Waals surface area contributed by atoms with Gasteiger partial charge in [0.1, 0.15) is 22.3 Å². The fraction of sp³-hybridized carbons (Fsp3) is 0.188. The van der Waals surface area contributed by atoms with Crippen LogP contribution in [0.2, 0.25) is 0 Å². The second-order valence-electron chi connectivity index (χ2n) is 5.18. The molecule has 1 amide bonds. The Hall–Kier alpha value is -2.61. The average Bonchev–Trinajstić information content (AvgIpc) is 3.16. The number of hydrogen-bond acceptors (Lipinski definition) is 4. The molecule has 1 N–H and O–H groups in total. The van der Waals surface area contributed by atoms with E-state index < -0.39 is 17.5 Å². The predicted molar refractivity (Wildman–Crippen MR) is 88.0 cm³/mol. The first-order valence-electron chi connectivity index (χ1n) is 7.21. The van der Waals surface area contributed by atoms with E-state index in [1.807, 2.05) is 6.92 Å². The van der Waals surface area contributed by atoms with Gasteiger partial charge in [-0.1, -0.05) is 6.92 Å². The van der Waals surface area contributed by atoms with Gasteiger partial charge in [0.25, 0.3) is 5.91 Å². The Morgan fingerprint density at radius 1 is 1.33 bits per heavy atom. The van der Waals surface area contributed by atoms with Crippen LogP contribution in [-0.2, 0) is 13.5 Å². The number of rotatable bonds is 4. The molecule has 5 nitrogen and oxygen atoms in total. The lowest BCUT2D eigenvalue weighted by Crippen LogP contribution is -2.11. The van der Waals surface area contributed by atoms with Crippen molar-refractivity contribution < 1.29 is 13.6 Å². The number of benzene rings is 1. The molecule has 0 radical (unpaired) electrons. The Bertz CT molecular complexity index is 880. The largest absolute Gasteiger partial charge is 0.318 e. The SMILES string of the molecule is CCc1cc(F)c(-c2nc(C(=O)Nc3cnn(C)c3)cs2)c(F)c1. The van der Waals surface area contributed by atoms with Crippen molar-refractivity contribution in [3.05, 3.63) is 52.8 Å². The molecule has 3 rings (SSSR count). The lowest BCUT2D eigenvalue weighted by Gasteiger charge is -2.04. The van der Waals surface area contributed by atoms with E-state index in [1.54, 1.807) is 17.9 Å². The summed E-state index contributed by atoms with van der Waals surface area (Å²) in [7, 11) is 1.72. The van der Waals surface area contributed by atoms with E-state index in [9.17, 15) is 13.6 Å². The normalized spacial score (nSPS) is 10.8. The monoisotopic (exact) mass is 348 g/mol. The lowest BCUT2D eigenvalue weighted by atomic mass is 10.1. The zero-order chi connectivity index (χ0) is 17.3. The van der Waals surface area contributed by atoms with Gasteiger partial charge < -0.3 is 5.32 Å². The first-order valence-corrected chi connectivity index (χ1v) is 8.09. The van der Waals surface area contributed by atoms with Crippen LogP contribution >= 0.6 is 11.3 Å². The van der Waals surface area contributed by atoms with Gasteiger partial charge in [-0.2, -0.15) is 5.10 Å². The quantitative estimate of drug-likeness (QED) is 0.783. The highest BCUT2D eigenvalue weighted by Gasteiger charge is 2.19. The second kappa shape index (κ2) is 6.48. The van der Waals surface area contributed by atoms with Crippen molar-refractivity contribution in [3.63, 3.8) is 0 Å². The smallest absolute Gasteiger partial charge is 0.275 e. The maximum Gasteiger partial charge on any atom is 0.275 e. The second-order valence-corrected chi connectivity index (χ2v) is 6.04. The van der Waals surface area contributed by atoms with Gasteiger partial charge in [0.15, 0.2) is 0 Å². The Morgan fingerprint density at radius 3 is 2.62 bits per heavy atom. The van der Waals surface area contributed by atoms with Crippen molar-refractivity contribution in [1.29, 1.82) is 0 Å². The Morgan fingerprint density at radius 2 is 2.04 bits per heavy atom. The number of amides is 1. The summed E-state index contributed by atoms with van der Waals surface area (Å²) in [5, 5.41) is 8.16. The van der Waals surface area contributed by atoms with Crippen LogP contribution in [0, 0.1) is 11.6 Å². The van der Waals surface area contributed by atoms with Crippen LogP contribution in [0.15, 0.2) is 29.9 Å². The first-order chi connectivity index (χ1) is 11.5. The molecule has 124 valence electrons. The minimum atomic E-state index is -0.680. The van der Waals surface area contributed by atoms with Gasteiger partial charge >= 0.3 is 0 Å². The molecule has 0 saturated heterocycles. The maximum absolute atomic E-state index is 14.2. The zero-order valence-electron chi connectivity index (χ0n) is 13.0. The molecule has 0 aliphatic heterocycles. The van der Waals surface area contributed by atoms with E-state index in [1.165, 1.54) is 23.7 Å². The minimum Gasteiger partial charge on any atom is -0.318 e. The number of thiazole rings is 1. The van der Waals surface area contributed by atoms with E-state index in [4.69, 9.17) is 0 Å². The highest BCUT2D eigenvalue weighted by Crippen LogP contribution is 2.30.